The lowest BCUT2D eigenvalue weighted by molar-refractivity contribution is -0.384. The third kappa shape index (κ3) is 3.51. The summed E-state index contributed by atoms with van der Waals surface area (Å²) in [7, 11) is 0. The summed E-state index contributed by atoms with van der Waals surface area (Å²) in [6, 6.07) is 14.9. The maximum absolute atomic E-state index is 13.1. The van der Waals surface area contributed by atoms with Gasteiger partial charge in [-0.05, 0) is 31.0 Å². The minimum atomic E-state index is -0.338. The Morgan fingerprint density at radius 2 is 1.67 bits per heavy atom. The van der Waals surface area contributed by atoms with Crippen molar-refractivity contribution in [3.63, 3.8) is 0 Å². The highest BCUT2D eigenvalue weighted by molar-refractivity contribution is 7.99. The molecule has 0 N–H and O–H groups in total. The maximum atomic E-state index is 13.1. The van der Waals surface area contributed by atoms with Crippen molar-refractivity contribution in [2.45, 2.75) is 17.7 Å². The molecule has 0 saturated carbocycles. The van der Waals surface area contributed by atoms with Gasteiger partial charge < -0.3 is 9.80 Å². The number of nitrogens with zero attached hydrogens (tertiary/aromatic N) is 3. The summed E-state index contributed by atoms with van der Waals surface area (Å²) in [5, 5.41) is 11.3. The van der Waals surface area contributed by atoms with Gasteiger partial charge in [0.2, 0.25) is 5.91 Å². The van der Waals surface area contributed by atoms with Crippen molar-refractivity contribution in [2.24, 2.45) is 5.92 Å². The number of hydrogen-bond acceptors (Lipinski definition) is 5. The van der Waals surface area contributed by atoms with Gasteiger partial charge in [0.15, 0.2) is 0 Å². The topological polar surface area (TPSA) is 66.7 Å². The first-order valence-electron chi connectivity index (χ1n) is 9.17. The van der Waals surface area contributed by atoms with Gasteiger partial charge in [0, 0.05) is 42.3 Å². The first-order valence-corrected chi connectivity index (χ1v) is 10.2. The van der Waals surface area contributed by atoms with Crippen molar-refractivity contribution < 1.29 is 9.72 Å². The Morgan fingerprint density at radius 3 is 2.41 bits per heavy atom. The fraction of sp³-hybridized carbons (Fsp3) is 0.350. The molecule has 0 unspecified atom stereocenters. The lowest BCUT2D eigenvalue weighted by atomic mass is 9.94. The Hall–Kier alpha value is -2.54. The molecule has 2 aliphatic rings. The van der Waals surface area contributed by atoms with Crippen molar-refractivity contribution in [2.75, 3.05) is 35.2 Å². The molecule has 2 aromatic carbocycles. The first-order chi connectivity index (χ1) is 13.1. The predicted octanol–water partition coefficient (Wildman–Crippen LogP) is 3.95. The van der Waals surface area contributed by atoms with Gasteiger partial charge in [0.05, 0.1) is 10.6 Å². The lowest BCUT2D eigenvalue weighted by Crippen LogP contribution is -2.44. The van der Waals surface area contributed by atoms with Crippen molar-refractivity contribution in [1.82, 2.24) is 0 Å². The van der Waals surface area contributed by atoms with Gasteiger partial charge in [-0.25, -0.2) is 0 Å². The maximum Gasteiger partial charge on any atom is 0.292 e. The highest BCUT2D eigenvalue weighted by Gasteiger charge is 2.32. The van der Waals surface area contributed by atoms with Crippen LogP contribution in [0.1, 0.15) is 12.8 Å². The van der Waals surface area contributed by atoms with Crippen LogP contribution in [0.5, 0.6) is 0 Å². The van der Waals surface area contributed by atoms with Crippen LogP contribution >= 0.6 is 11.8 Å². The fourth-order valence-electron chi connectivity index (χ4n) is 3.87. The minimum absolute atomic E-state index is 0.0276. The van der Waals surface area contributed by atoms with Crippen LogP contribution in [0, 0.1) is 16.0 Å². The van der Waals surface area contributed by atoms with Crippen LogP contribution in [-0.2, 0) is 4.79 Å². The Morgan fingerprint density at radius 1 is 1.00 bits per heavy atom. The highest BCUT2D eigenvalue weighted by atomic mass is 32.2. The molecule has 0 bridgehead atoms. The van der Waals surface area contributed by atoms with E-state index in [4.69, 9.17) is 0 Å². The Bertz CT molecular complexity index is 865. The van der Waals surface area contributed by atoms with E-state index in [0.717, 1.165) is 35.7 Å². The van der Waals surface area contributed by atoms with E-state index in [-0.39, 0.29) is 22.4 Å². The molecule has 2 aliphatic heterocycles. The standard InChI is InChI=1S/C20H21N3O3S/c24-20(22-13-14-27-19-8-4-3-7-18(19)22)15-9-11-21(12-10-15)16-5-1-2-6-17(16)23(25)26/h1-8,15H,9-14H2. The fourth-order valence-corrected chi connectivity index (χ4v) is 4.87. The Labute approximate surface area is 162 Å². The van der Waals surface area contributed by atoms with Gasteiger partial charge in [0.25, 0.3) is 5.69 Å². The number of carbonyl (C=O) groups excluding carboxylic acids is 1. The van der Waals surface area contributed by atoms with E-state index >= 15 is 0 Å². The molecule has 4 rings (SSSR count). The zero-order valence-electron chi connectivity index (χ0n) is 14.9. The number of amides is 1. The van der Waals surface area contributed by atoms with Crippen LogP contribution in [0.3, 0.4) is 0 Å². The van der Waals surface area contributed by atoms with Gasteiger partial charge in [0.1, 0.15) is 5.69 Å². The lowest BCUT2D eigenvalue weighted by Gasteiger charge is -2.36. The molecule has 0 atom stereocenters. The third-order valence-electron chi connectivity index (χ3n) is 5.26. The largest absolute Gasteiger partial charge is 0.366 e. The van der Waals surface area contributed by atoms with E-state index in [0.29, 0.717) is 18.8 Å². The quantitative estimate of drug-likeness (QED) is 0.593. The van der Waals surface area contributed by atoms with Gasteiger partial charge in [-0.1, -0.05) is 24.3 Å². The second kappa shape index (κ2) is 7.60. The van der Waals surface area contributed by atoms with E-state index < -0.39 is 0 Å². The number of anilines is 2. The van der Waals surface area contributed by atoms with E-state index in [9.17, 15) is 14.9 Å². The predicted molar refractivity (Wildman–Crippen MR) is 108 cm³/mol. The number of rotatable bonds is 3. The molecule has 140 valence electrons. The van der Waals surface area contributed by atoms with Crippen LogP contribution in [0.25, 0.3) is 0 Å². The molecule has 1 amide bonds. The summed E-state index contributed by atoms with van der Waals surface area (Å²) >= 11 is 1.79. The SMILES string of the molecule is O=C(C1CCN(c2ccccc2[N+](=O)[O-])CC1)N1CCSc2ccccc21. The summed E-state index contributed by atoms with van der Waals surface area (Å²) in [5.41, 5.74) is 1.79. The molecular formula is C20H21N3O3S. The van der Waals surface area contributed by atoms with E-state index in [1.807, 2.05) is 34.1 Å². The molecule has 1 fully saturated rings. The molecule has 27 heavy (non-hydrogen) atoms. The van der Waals surface area contributed by atoms with Gasteiger partial charge in [-0.3, -0.25) is 14.9 Å². The van der Waals surface area contributed by atoms with Crippen LogP contribution in [0.4, 0.5) is 17.1 Å². The minimum Gasteiger partial charge on any atom is -0.366 e. The van der Waals surface area contributed by atoms with E-state index in [1.54, 1.807) is 23.9 Å². The summed E-state index contributed by atoms with van der Waals surface area (Å²) in [6.45, 7) is 2.06. The number of fused-ring (bicyclic) bond motifs is 1. The molecule has 7 heteroatoms. The molecule has 2 aromatic rings. The number of benzene rings is 2. The average Bonchev–Trinajstić information content (AvgIpc) is 2.73. The number of nitro groups is 1. The first kappa shape index (κ1) is 17.9. The van der Waals surface area contributed by atoms with E-state index in [2.05, 4.69) is 6.07 Å². The second-order valence-electron chi connectivity index (χ2n) is 6.81. The molecule has 2 heterocycles. The van der Waals surface area contributed by atoms with Crippen molar-refractivity contribution in [3.05, 3.63) is 58.6 Å². The molecule has 0 aromatic heterocycles. The zero-order valence-corrected chi connectivity index (χ0v) is 15.7. The number of hydrogen-bond donors (Lipinski definition) is 0. The monoisotopic (exact) mass is 383 g/mol. The van der Waals surface area contributed by atoms with Crippen molar-refractivity contribution in [3.8, 4) is 0 Å². The summed E-state index contributed by atoms with van der Waals surface area (Å²) < 4.78 is 0. The van der Waals surface area contributed by atoms with Crippen molar-refractivity contribution in [1.29, 1.82) is 0 Å². The molecule has 0 aliphatic carbocycles. The third-order valence-corrected chi connectivity index (χ3v) is 6.30. The molecule has 0 spiro atoms. The van der Waals surface area contributed by atoms with Gasteiger partial charge >= 0.3 is 0 Å². The Kier molecular flexibility index (Phi) is 5.03. The smallest absolute Gasteiger partial charge is 0.292 e. The number of piperidine rings is 1. The Balaban J connectivity index is 1.46. The van der Waals surface area contributed by atoms with Gasteiger partial charge in [-0.2, -0.15) is 0 Å². The number of nitro benzene ring substituents is 1. The highest BCUT2D eigenvalue weighted by Crippen LogP contribution is 2.37. The summed E-state index contributed by atoms with van der Waals surface area (Å²) in [6.07, 6.45) is 1.44. The molecule has 1 saturated heterocycles. The van der Waals surface area contributed by atoms with Crippen LogP contribution < -0.4 is 9.80 Å². The van der Waals surface area contributed by atoms with Gasteiger partial charge in [-0.15, -0.1) is 11.8 Å². The normalized spacial score (nSPS) is 17.5. The molecule has 6 nitrogen and oxygen atoms in total. The zero-order chi connectivity index (χ0) is 18.8. The number of carbonyl (C=O) groups is 1. The number of thioether (sulfide) groups is 1. The van der Waals surface area contributed by atoms with Crippen LogP contribution in [-0.4, -0.2) is 36.2 Å². The van der Waals surface area contributed by atoms with Crippen LogP contribution in [0.15, 0.2) is 53.4 Å². The van der Waals surface area contributed by atoms with Crippen molar-refractivity contribution >= 4 is 34.7 Å². The molecule has 0 radical (unpaired) electrons. The summed E-state index contributed by atoms with van der Waals surface area (Å²) in [5.74, 6) is 1.07. The number of para-hydroxylation sites is 3. The van der Waals surface area contributed by atoms with E-state index in [1.165, 1.54) is 6.07 Å². The second-order valence-corrected chi connectivity index (χ2v) is 7.95. The van der Waals surface area contributed by atoms with Crippen LogP contribution in [0.2, 0.25) is 0 Å². The summed E-state index contributed by atoms with van der Waals surface area (Å²) in [4.78, 5) is 29.2. The molecular weight excluding hydrogens is 362 g/mol. The average molecular weight is 383 g/mol.